The van der Waals surface area contributed by atoms with Crippen LogP contribution in [0.3, 0.4) is 0 Å². The molecule has 0 fully saturated rings. The minimum absolute atomic E-state index is 0.290. The molecule has 0 unspecified atom stereocenters. The Labute approximate surface area is 124 Å². The van der Waals surface area contributed by atoms with Crippen molar-refractivity contribution in [1.29, 1.82) is 0 Å². The summed E-state index contributed by atoms with van der Waals surface area (Å²) in [5.74, 6) is 0.127. The second kappa shape index (κ2) is 5.37. The lowest BCUT2D eigenvalue weighted by Crippen LogP contribution is -2.13. The minimum atomic E-state index is -0.290. The lowest BCUT2D eigenvalue weighted by molar-refractivity contribution is 0.102. The molecule has 0 aliphatic rings. The van der Waals surface area contributed by atoms with Gasteiger partial charge in [0.2, 0.25) is 0 Å². The molecular weight excluding hydrogens is 288 g/mol. The van der Waals surface area contributed by atoms with E-state index in [1.807, 2.05) is 12.1 Å². The average molecular weight is 300 g/mol. The van der Waals surface area contributed by atoms with Crippen LogP contribution >= 0.6 is 11.3 Å². The number of amides is 1. The SMILES string of the molecule is COc1cnccc1C(=O)Nc1nc2ccc(N)cc2s1. The molecule has 7 heteroatoms. The number of nitrogens with zero attached hydrogens (tertiary/aromatic N) is 2. The molecule has 0 saturated carbocycles. The van der Waals surface area contributed by atoms with Crippen molar-refractivity contribution >= 4 is 38.3 Å². The fourth-order valence-corrected chi connectivity index (χ4v) is 2.80. The third-order valence-corrected chi connectivity index (χ3v) is 3.82. The van der Waals surface area contributed by atoms with Crippen LogP contribution in [0.4, 0.5) is 10.8 Å². The lowest BCUT2D eigenvalue weighted by Gasteiger charge is -2.06. The number of aromatic nitrogens is 2. The van der Waals surface area contributed by atoms with Crippen LogP contribution in [0.2, 0.25) is 0 Å². The van der Waals surface area contributed by atoms with Crippen molar-refractivity contribution in [2.75, 3.05) is 18.2 Å². The molecule has 2 aromatic heterocycles. The van der Waals surface area contributed by atoms with Crippen molar-refractivity contribution in [1.82, 2.24) is 9.97 Å². The Hall–Kier alpha value is -2.67. The third kappa shape index (κ3) is 2.63. The Balaban J connectivity index is 1.89. The van der Waals surface area contributed by atoms with E-state index in [0.717, 1.165) is 10.2 Å². The van der Waals surface area contributed by atoms with Crippen molar-refractivity contribution in [3.63, 3.8) is 0 Å². The van der Waals surface area contributed by atoms with Gasteiger partial charge in [0.15, 0.2) is 5.13 Å². The molecule has 1 aromatic carbocycles. The van der Waals surface area contributed by atoms with Crippen molar-refractivity contribution in [3.8, 4) is 5.75 Å². The number of anilines is 2. The summed E-state index contributed by atoms with van der Waals surface area (Å²) in [6.07, 6.45) is 3.03. The maximum atomic E-state index is 12.3. The summed E-state index contributed by atoms with van der Waals surface area (Å²) >= 11 is 1.37. The number of benzene rings is 1. The molecule has 3 rings (SSSR count). The van der Waals surface area contributed by atoms with Gasteiger partial charge in [0, 0.05) is 11.9 Å². The number of carbonyl (C=O) groups excluding carboxylic acids is 1. The molecule has 2 heterocycles. The van der Waals surface area contributed by atoms with E-state index in [1.54, 1.807) is 12.1 Å². The molecule has 6 nitrogen and oxygen atoms in total. The fraction of sp³-hybridized carbons (Fsp3) is 0.0714. The second-order valence-corrected chi connectivity index (χ2v) is 5.31. The summed E-state index contributed by atoms with van der Waals surface area (Å²) in [5.41, 5.74) is 7.60. The highest BCUT2D eigenvalue weighted by molar-refractivity contribution is 7.22. The zero-order chi connectivity index (χ0) is 14.8. The lowest BCUT2D eigenvalue weighted by atomic mass is 10.2. The monoisotopic (exact) mass is 300 g/mol. The molecule has 0 spiro atoms. The highest BCUT2D eigenvalue weighted by atomic mass is 32.1. The van der Waals surface area contributed by atoms with Crippen LogP contribution in [0, 0.1) is 0 Å². The van der Waals surface area contributed by atoms with Gasteiger partial charge in [0.1, 0.15) is 5.75 Å². The Morgan fingerprint density at radius 2 is 2.24 bits per heavy atom. The number of nitrogens with one attached hydrogen (secondary N) is 1. The van der Waals surface area contributed by atoms with E-state index in [-0.39, 0.29) is 5.91 Å². The summed E-state index contributed by atoms with van der Waals surface area (Å²) < 4.78 is 6.05. The number of thiazole rings is 1. The van der Waals surface area contributed by atoms with Crippen molar-refractivity contribution < 1.29 is 9.53 Å². The first-order chi connectivity index (χ1) is 10.2. The van der Waals surface area contributed by atoms with Gasteiger partial charge in [-0.1, -0.05) is 11.3 Å². The maximum Gasteiger partial charge on any atom is 0.261 e. The normalized spacial score (nSPS) is 10.5. The molecular formula is C14H12N4O2S. The summed E-state index contributed by atoms with van der Waals surface area (Å²) in [6.45, 7) is 0. The predicted molar refractivity (Wildman–Crippen MR) is 82.8 cm³/mol. The summed E-state index contributed by atoms with van der Waals surface area (Å²) in [7, 11) is 1.49. The first kappa shape index (κ1) is 13.3. The number of nitrogens with two attached hydrogens (primary N) is 1. The quantitative estimate of drug-likeness (QED) is 0.725. The van der Waals surface area contributed by atoms with Gasteiger partial charge < -0.3 is 10.5 Å². The minimum Gasteiger partial charge on any atom is -0.494 e. The Kier molecular flexibility index (Phi) is 3.41. The number of hydrogen-bond donors (Lipinski definition) is 2. The predicted octanol–water partition coefficient (Wildman–Crippen LogP) is 2.53. The fourth-order valence-electron chi connectivity index (χ4n) is 1.89. The van der Waals surface area contributed by atoms with Gasteiger partial charge in [-0.15, -0.1) is 0 Å². The number of rotatable bonds is 3. The summed E-state index contributed by atoms with van der Waals surface area (Å²) in [5, 5.41) is 3.28. The van der Waals surface area contributed by atoms with Crippen LogP contribution < -0.4 is 15.8 Å². The van der Waals surface area contributed by atoms with Crippen LogP contribution in [0.1, 0.15) is 10.4 Å². The molecule has 0 radical (unpaired) electrons. The van der Waals surface area contributed by atoms with Crippen LogP contribution in [0.5, 0.6) is 5.75 Å². The molecule has 3 aromatic rings. The van der Waals surface area contributed by atoms with Gasteiger partial charge in [0.25, 0.3) is 5.91 Å². The zero-order valence-electron chi connectivity index (χ0n) is 11.2. The van der Waals surface area contributed by atoms with Crippen molar-refractivity contribution in [3.05, 3.63) is 42.2 Å². The number of hydrogen-bond acceptors (Lipinski definition) is 6. The first-order valence-corrected chi connectivity index (χ1v) is 6.94. The number of ether oxygens (including phenoxy) is 1. The smallest absolute Gasteiger partial charge is 0.261 e. The maximum absolute atomic E-state index is 12.3. The molecule has 0 saturated heterocycles. The molecule has 106 valence electrons. The number of nitrogen functional groups attached to an aromatic ring is 1. The molecule has 21 heavy (non-hydrogen) atoms. The van der Waals surface area contributed by atoms with Gasteiger partial charge >= 0.3 is 0 Å². The van der Waals surface area contributed by atoms with Gasteiger partial charge in [-0.25, -0.2) is 4.98 Å². The van der Waals surface area contributed by atoms with Gasteiger partial charge in [-0.3, -0.25) is 15.1 Å². The molecule has 0 atom stereocenters. The van der Waals surface area contributed by atoms with Gasteiger partial charge in [-0.05, 0) is 24.3 Å². The molecule has 0 aliphatic heterocycles. The average Bonchev–Trinajstić information content (AvgIpc) is 2.88. The summed E-state index contributed by atoms with van der Waals surface area (Å²) in [6, 6.07) is 7.03. The van der Waals surface area contributed by atoms with E-state index >= 15 is 0 Å². The van der Waals surface area contributed by atoms with E-state index in [4.69, 9.17) is 10.5 Å². The van der Waals surface area contributed by atoms with E-state index in [1.165, 1.54) is 30.8 Å². The van der Waals surface area contributed by atoms with Crippen molar-refractivity contribution in [2.45, 2.75) is 0 Å². The highest BCUT2D eigenvalue weighted by Crippen LogP contribution is 2.28. The van der Waals surface area contributed by atoms with E-state index in [0.29, 0.717) is 22.1 Å². The largest absolute Gasteiger partial charge is 0.494 e. The molecule has 3 N–H and O–H groups in total. The Morgan fingerprint density at radius 3 is 3.05 bits per heavy atom. The standard InChI is InChI=1S/C14H12N4O2S/c1-20-11-7-16-5-4-9(11)13(19)18-14-17-10-3-2-8(15)6-12(10)21-14/h2-7H,15H2,1H3,(H,17,18,19). The van der Waals surface area contributed by atoms with Crippen LogP contribution in [0.25, 0.3) is 10.2 Å². The summed E-state index contributed by atoms with van der Waals surface area (Å²) in [4.78, 5) is 20.5. The Bertz CT molecular complexity index is 816. The topological polar surface area (TPSA) is 90.1 Å². The second-order valence-electron chi connectivity index (χ2n) is 4.28. The van der Waals surface area contributed by atoms with Crippen LogP contribution in [0.15, 0.2) is 36.7 Å². The van der Waals surface area contributed by atoms with Crippen LogP contribution in [-0.4, -0.2) is 23.0 Å². The van der Waals surface area contributed by atoms with Crippen LogP contribution in [-0.2, 0) is 0 Å². The number of fused-ring (bicyclic) bond motifs is 1. The van der Waals surface area contributed by atoms with E-state index in [2.05, 4.69) is 15.3 Å². The van der Waals surface area contributed by atoms with E-state index in [9.17, 15) is 4.79 Å². The van der Waals surface area contributed by atoms with Gasteiger partial charge in [-0.2, -0.15) is 0 Å². The van der Waals surface area contributed by atoms with Crippen molar-refractivity contribution in [2.24, 2.45) is 0 Å². The van der Waals surface area contributed by atoms with Gasteiger partial charge in [0.05, 0.1) is 29.1 Å². The molecule has 0 bridgehead atoms. The first-order valence-electron chi connectivity index (χ1n) is 6.13. The Morgan fingerprint density at radius 1 is 1.38 bits per heavy atom. The zero-order valence-corrected chi connectivity index (χ0v) is 12.0. The highest BCUT2D eigenvalue weighted by Gasteiger charge is 2.14. The molecule has 0 aliphatic carbocycles. The molecule has 1 amide bonds. The number of carbonyl (C=O) groups is 1. The number of methoxy groups -OCH3 is 1. The third-order valence-electron chi connectivity index (χ3n) is 2.88. The number of pyridine rings is 1. The van der Waals surface area contributed by atoms with E-state index < -0.39 is 0 Å².